The second-order valence-electron chi connectivity index (χ2n) is 6.82. The topological polar surface area (TPSA) is 58.3 Å². The third-order valence-electron chi connectivity index (χ3n) is 6.19. The molecule has 2 atom stereocenters. The van der Waals surface area contributed by atoms with Gasteiger partial charge < -0.3 is 16.2 Å². The summed E-state index contributed by atoms with van der Waals surface area (Å²) in [4.78, 5) is 0. The van der Waals surface area contributed by atoms with Gasteiger partial charge in [0.05, 0.1) is 5.60 Å². The summed E-state index contributed by atoms with van der Waals surface area (Å²) in [7, 11) is 0. The molecule has 1 aliphatic heterocycles. The molecule has 1 aliphatic carbocycles. The normalized spacial score (nSPS) is 44.2. The van der Waals surface area contributed by atoms with E-state index in [0.717, 1.165) is 44.7 Å². The van der Waals surface area contributed by atoms with Crippen LogP contribution in [0, 0.1) is 17.3 Å². The molecule has 3 heteroatoms. The van der Waals surface area contributed by atoms with Gasteiger partial charge in [-0.15, -0.1) is 0 Å². The Hall–Kier alpha value is -0.120. The van der Waals surface area contributed by atoms with Gasteiger partial charge in [0.25, 0.3) is 0 Å². The monoisotopic (exact) mass is 268 g/mol. The molecule has 1 saturated carbocycles. The highest BCUT2D eigenvalue weighted by Crippen LogP contribution is 2.52. The highest BCUT2D eigenvalue weighted by Gasteiger charge is 2.54. The van der Waals surface area contributed by atoms with E-state index in [-0.39, 0.29) is 5.41 Å². The second-order valence-corrected chi connectivity index (χ2v) is 6.82. The van der Waals surface area contributed by atoms with Gasteiger partial charge >= 0.3 is 0 Å². The van der Waals surface area contributed by atoms with E-state index in [0.29, 0.717) is 12.5 Å². The first kappa shape index (κ1) is 15.3. The number of aliphatic hydroxyl groups is 1. The molecule has 1 saturated heterocycles. The number of hydrogen-bond donors (Lipinski definition) is 3. The number of nitrogens with one attached hydrogen (secondary N) is 1. The molecule has 0 aromatic heterocycles. The molecule has 2 unspecified atom stereocenters. The van der Waals surface area contributed by atoms with Gasteiger partial charge in [-0.2, -0.15) is 0 Å². The largest absolute Gasteiger partial charge is 0.389 e. The quantitative estimate of drug-likeness (QED) is 0.733. The zero-order valence-electron chi connectivity index (χ0n) is 12.8. The number of piperidine rings is 1. The van der Waals surface area contributed by atoms with E-state index in [4.69, 9.17) is 5.73 Å². The number of hydrogen-bond acceptors (Lipinski definition) is 3. The molecule has 19 heavy (non-hydrogen) atoms. The van der Waals surface area contributed by atoms with Crippen LogP contribution in [0.25, 0.3) is 0 Å². The Morgan fingerprint density at radius 1 is 1.16 bits per heavy atom. The Labute approximate surface area is 118 Å². The first-order valence-electron chi connectivity index (χ1n) is 8.25. The van der Waals surface area contributed by atoms with Crippen LogP contribution in [0.3, 0.4) is 0 Å². The smallest absolute Gasteiger partial charge is 0.0767 e. The van der Waals surface area contributed by atoms with Crippen molar-refractivity contribution >= 4 is 0 Å². The average molecular weight is 268 g/mol. The van der Waals surface area contributed by atoms with Gasteiger partial charge in [0.15, 0.2) is 0 Å². The van der Waals surface area contributed by atoms with Crippen LogP contribution >= 0.6 is 0 Å². The van der Waals surface area contributed by atoms with E-state index in [9.17, 15) is 5.11 Å². The third-order valence-corrected chi connectivity index (χ3v) is 6.19. The average Bonchev–Trinajstić information content (AvgIpc) is 2.47. The fourth-order valence-corrected chi connectivity index (χ4v) is 4.56. The van der Waals surface area contributed by atoms with Gasteiger partial charge in [-0.3, -0.25) is 0 Å². The SMILES string of the molecule is CCC1CCC(CN)(C2(O)CCNCC2CC)CC1. The lowest BCUT2D eigenvalue weighted by atomic mass is 9.55. The number of nitrogens with two attached hydrogens (primary N) is 1. The van der Waals surface area contributed by atoms with Crippen molar-refractivity contribution in [2.75, 3.05) is 19.6 Å². The molecule has 0 bridgehead atoms. The van der Waals surface area contributed by atoms with Gasteiger partial charge in [-0.25, -0.2) is 0 Å². The van der Waals surface area contributed by atoms with E-state index in [1.807, 2.05) is 0 Å². The first-order valence-corrected chi connectivity index (χ1v) is 8.25. The van der Waals surface area contributed by atoms with Crippen molar-refractivity contribution in [3.63, 3.8) is 0 Å². The summed E-state index contributed by atoms with van der Waals surface area (Å²) in [5.41, 5.74) is 5.61. The van der Waals surface area contributed by atoms with Crippen LogP contribution in [0.4, 0.5) is 0 Å². The number of rotatable bonds is 4. The van der Waals surface area contributed by atoms with Crippen LogP contribution in [0.2, 0.25) is 0 Å². The minimum Gasteiger partial charge on any atom is -0.389 e. The van der Waals surface area contributed by atoms with Crippen LogP contribution in [0.15, 0.2) is 0 Å². The van der Waals surface area contributed by atoms with Crippen molar-refractivity contribution in [2.24, 2.45) is 23.0 Å². The van der Waals surface area contributed by atoms with Gasteiger partial charge in [0.2, 0.25) is 0 Å². The highest BCUT2D eigenvalue weighted by atomic mass is 16.3. The summed E-state index contributed by atoms with van der Waals surface area (Å²) >= 11 is 0. The Bertz CT molecular complexity index is 286. The van der Waals surface area contributed by atoms with E-state index in [1.54, 1.807) is 0 Å². The minimum absolute atomic E-state index is 0.0263. The van der Waals surface area contributed by atoms with Gasteiger partial charge in [0.1, 0.15) is 0 Å². The van der Waals surface area contributed by atoms with Crippen molar-refractivity contribution < 1.29 is 5.11 Å². The fraction of sp³-hybridized carbons (Fsp3) is 1.00. The third kappa shape index (κ3) is 2.57. The van der Waals surface area contributed by atoms with Crippen molar-refractivity contribution in [2.45, 2.75) is 64.4 Å². The zero-order valence-corrected chi connectivity index (χ0v) is 12.8. The van der Waals surface area contributed by atoms with E-state index in [1.165, 1.54) is 19.3 Å². The van der Waals surface area contributed by atoms with Gasteiger partial charge in [0, 0.05) is 24.4 Å². The first-order chi connectivity index (χ1) is 9.12. The zero-order chi connectivity index (χ0) is 13.9. The lowest BCUT2D eigenvalue weighted by Crippen LogP contribution is -2.63. The Morgan fingerprint density at radius 3 is 2.37 bits per heavy atom. The minimum atomic E-state index is -0.541. The summed E-state index contributed by atoms with van der Waals surface area (Å²) in [6.07, 6.45) is 7.93. The second kappa shape index (κ2) is 6.11. The van der Waals surface area contributed by atoms with E-state index < -0.39 is 5.60 Å². The van der Waals surface area contributed by atoms with Gasteiger partial charge in [-0.05, 0) is 51.0 Å². The fourth-order valence-electron chi connectivity index (χ4n) is 4.56. The van der Waals surface area contributed by atoms with Crippen molar-refractivity contribution in [3.8, 4) is 0 Å². The summed E-state index contributed by atoms with van der Waals surface area (Å²) < 4.78 is 0. The Balaban J connectivity index is 2.19. The highest BCUT2D eigenvalue weighted by molar-refractivity contribution is 5.07. The predicted molar refractivity (Wildman–Crippen MR) is 80.0 cm³/mol. The molecule has 2 rings (SSSR count). The molecule has 1 heterocycles. The van der Waals surface area contributed by atoms with Crippen LogP contribution in [0.5, 0.6) is 0 Å². The van der Waals surface area contributed by atoms with Crippen LogP contribution in [0.1, 0.15) is 58.8 Å². The summed E-state index contributed by atoms with van der Waals surface area (Å²) in [6.45, 7) is 7.02. The lowest BCUT2D eigenvalue weighted by molar-refractivity contribution is -0.157. The summed E-state index contributed by atoms with van der Waals surface area (Å²) in [5, 5.41) is 14.9. The van der Waals surface area contributed by atoms with Gasteiger partial charge in [-0.1, -0.05) is 20.3 Å². The van der Waals surface area contributed by atoms with E-state index >= 15 is 0 Å². The molecule has 0 aromatic carbocycles. The summed E-state index contributed by atoms with van der Waals surface area (Å²) in [6, 6.07) is 0. The van der Waals surface area contributed by atoms with Crippen molar-refractivity contribution in [3.05, 3.63) is 0 Å². The maximum Gasteiger partial charge on any atom is 0.0767 e. The molecule has 0 aromatic rings. The van der Waals surface area contributed by atoms with Crippen LogP contribution in [-0.4, -0.2) is 30.3 Å². The lowest BCUT2D eigenvalue weighted by Gasteiger charge is -2.55. The predicted octanol–water partition coefficient (Wildman–Crippen LogP) is 2.28. The van der Waals surface area contributed by atoms with Crippen LogP contribution < -0.4 is 11.1 Å². The Kier molecular flexibility index (Phi) is 4.91. The molecule has 112 valence electrons. The molecular formula is C16H32N2O. The standard InChI is InChI=1S/C16H32N2O/c1-3-13-5-7-15(12-17,8-6-13)16(19)9-10-18-11-14(16)4-2/h13-14,18-19H,3-12,17H2,1-2H3. The molecule has 0 spiro atoms. The molecule has 2 fully saturated rings. The maximum absolute atomic E-state index is 11.4. The van der Waals surface area contributed by atoms with Crippen LogP contribution in [-0.2, 0) is 0 Å². The maximum atomic E-state index is 11.4. The molecule has 0 amide bonds. The molecule has 2 aliphatic rings. The molecular weight excluding hydrogens is 236 g/mol. The van der Waals surface area contributed by atoms with Crippen molar-refractivity contribution in [1.29, 1.82) is 0 Å². The van der Waals surface area contributed by atoms with E-state index in [2.05, 4.69) is 19.2 Å². The summed E-state index contributed by atoms with van der Waals surface area (Å²) in [5.74, 6) is 1.22. The van der Waals surface area contributed by atoms with Crippen molar-refractivity contribution in [1.82, 2.24) is 5.32 Å². The molecule has 4 N–H and O–H groups in total. The molecule has 3 nitrogen and oxygen atoms in total. The molecule has 0 radical (unpaired) electrons. The Morgan fingerprint density at radius 2 is 1.84 bits per heavy atom.